The van der Waals surface area contributed by atoms with E-state index in [9.17, 15) is 35.5 Å². The molecule has 0 atom stereocenters. The maximum absolute atomic E-state index is 13.0. The molecule has 0 spiro atoms. The number of hydrogen-bond acceptors (Lipinski definition) is 2. The number of alkyl halides is 7. The molecule has 0 saturated heterocycles. The molecule has 0 saturated carbocycles. The van der Waals surface area contributed by atoms with Crippen LogP contribution in [0.25, 0.3) is 0 Å². The number of ether oxygens (including phenoxy) is 1. The summed E-state index contributed by atoms with van der Waals surface area (Å²) in [5.74, 6) is -6.95. The largest absolute Gasteiger partial charge is 0.478 e. The van der Waals surface area contributed by atoms with Crippen molar-refractivity contribution in [1.29, 1.82) is 0 Å². The van der Waals surface area contributed by atoms with Gasteiger partial charge in [-0.2, -0.15) is 30.7 Å². The molecule has 3 nitrogen and oxygen atoms in total. The Bertz CT molecular complexity index is 359. The molecule has 10 heteroatoms. The molecule has 0 aliphatic carbocycles. The third-order valence-corrected chi connectivity index (χ3v) is 2.46. The zero-order chi connectivity index (χ0) is 16.9. The van der Waals surface area contributed by atoms with Gasteiger partial charge in [0, 0.05) is 5.57 Å². The van der Waals surface area contributed by atoms with E-state index in [2.05, 4.69) is 11.3 Å². The van der Waals surface area contributed by atoms with Crippen LogP contribution in [-0.4, -0.2) is 35.9 Å². The van der Waals surface area contributed by atoms with Gasteiger partial charge in [0.25, 0.3) is 0 Å². The number of unbranched alkanes of at least 4 members (excludes halogenated alkanes) is 2. The average Bonchev–Trinajstić information content (AvgIpc) is 2.29. The SMILES string of the molecule is C=C(CCCCCOC(F)(C(F)(F)F)C(F)(F)F)C(=O)O. The van der Waals surface area contributed by atoms with Crippen molar-refractivity contribution < 1.29 is 45.4 Å². The summed E-state index contributed by atoms with van der Waals surface area (Å²) in [5, 5.41) is 8.45. The van der Waals surface area contributed by atoms with Crippen molar-refractivity contribution >= 4 is 5.97 Å². The van der Waals surface area contributed by atoms with Gasteiger partial charge in [-0.3, -0.25) is 0 Å². The summed E-state index contributed by atoms with van der Waals surface area (Å²) in [6.45, 7) is 2.09. The lowest BCUT2D eigenvalue weighted by atomic mass is 10.1. The summed E-state index contributed by atoms with van der Waals surface area (Å²) in [6, 6.07) is 0. The lowest BCUT2D eigenvalue weighted by Gasteiger charge is -2.29. The van der Waals surface area contributed by atoms with Crippen molar-refractivity contribution in [1.82, 2.24) is 0 Å². The van der Waals surface area contributed by atoms with Crippen LogP contribution in [0.2, 0.25) is 0 Å². The molecule has 0 aromatic carbocycles. The monoisotopic (exact) mass is 326 g/mol. The number of halogens is 7. The topological polar surface area (TPSA) is 46.5 Å². The van der Waals surface area contributed by atoms with Crippen LogP contribution >= 0.6 is 0 Å². The fourth-order valence-electron chi connectivity index (χ4n) is 1.26. The summed E-state index contributed by atoms with van der Waals surface area (Å²) >= 11 is 0. The summed E-state index contributed by atoms with van der Waals surface area (Å²) in [4.78, 5) is 10.3. The second-order valence-electron chi connectivity index (χ2n) is 4.16. The van der Waals surface area contributed by atoms with Crippen LogP contribution in [0, 0.1) is 0 Å². The van der Waals surface area contributed by atoms with Crippen molar-refractivity contribution in [2.45, 2.75) is 43.9 Å². The molecule has 0 aliphatic rings. The molecule has 0 aliphatic heterocycles. The lowest BCUT2D eigenvalue weighted by Crippen LogP contribution is -2.55. The molecule has 0 bridgehead atoms. The zero-order valence-electron chi connectivity index (χ0n) is 10.7. The van der Waals surface area contributed by atoms with E-state index < -0.39 is 30.8 Å². The van der Waals surface area contributed by atoms with E-state index >= 15 is 0 Å². The molecule has 21 heavy (non-hydrogen) atoms. The fraction of sp³-hybridized carbons (Fsp3) is 0.727. The molecule has 0 heterocycles. The molecule has 0 unspecified atom stereocenters. The van der Waals surface area contributed by atoms with Gasteiger partial charge < -0.3 is 9.84 Å². The molecule has 0 rings (SSSR count). The maximum atomic E-state index is 13.0. The first-order valence-corrected chi connectivity index (χ1v) is 5.70. The Morgan fingerprint density at radius 1 is 0.952 bits per heavy atom. The van der Waals surface area contributed by atoms with Gasteiger partial charge in [-0.1, -0.05) is 13.0 Å². The Labute approximate surface area is 115 Å². The molecule has 1 N–H and O–H groups in total. The fourth-order valence-corrected chi connectivity index (χ4v) is 1.26. The highest BCUT2D eigenvalue weighted by Crippen LogP contribution is 2.46. The molecule has 0 aromatic heterocycles. The van der Waals surface area contributed by atoms with Crippen LogP contribution in [0.3, 0.4) is 0 Å². The van der Waals surface area contributed by atoms with Crippen LogP contribution < -0.4 is 0 Å². The van der Waals surface area contributed by atoms with Gasteiger partial charge in [0.05, 0.1) is 6.61 Å². The Kier molecular flexibility index (Phi) is 6.65. The smallest absolute Gasteiger partial charge is 0.458 e. The normalized spacial score (nSPS) is 13.3. The van der Waals surface area contributed by atoms with Crippen molar-refractivity contribution in [2.75, 3.05) is 6.61 Å². The third kappa shape index (κ3) is 5.52. The highest BCUT2D eigenvalue weighted by molar-refractivity contribution is 5.85. The van der Waals surface area contributed by atoms with E-state index in [0.29, 0.717) is 0 Å². The number of aliphatic carboxylic acids is 1. The predicted octanol–water partition coefficient (Wildman–Crippen LogP) is 3.99. The number of carboxylic acid groups (broad SMARTS) is 1. The molecule has 0 amide bonds. The second kappa shape index (κ2) is 7.10. The van der Waals surface area contributed by atoms with Gasteiger partial charge in [0.15, 0.2) is 0 Å². The van der Waals surface area contributed by atoms with Crippen LogP contribution in [0.5, 0.6) is 0 Å². The van der Waals surface area contributed by atoms with E-state index in [1.165, 1.54) is 0 Å². The van der Waals surface area contributed by atoms with Crippen molar-refractivity contribution in [2.24, 2.45) is 0 Å². The first kappa shape index (κ1) is 19.7. The van der Waals surface area contributed by atoms with Gasteiger partial charge in [-0.15, -0.1) is 0 Å². The molecule has 0 radical (unpaired) electrons. The van der Waals surface area contributed by atoms with Gasteiger partial charge in [0.2, 0.25) is 0 Å². The first-order chi connectivity index (χ1) is 9.33. The highest BCUT2D eigenvalue weighted by Gasteiger charge is 2.74. The third-order valence-electron chi connectivity index (χ3n) is 2.46. The number of carboxylic acids is 1. The van der Waals surface area contributed by atoms with Crippen LogP contribution in [0.4, 0.5) is 30.7 Å². The number of carbonyl (C=O) groups is 1. The quantitative estimate of drug-likeness (QED) is 0.417. The van der Waals surface area contributed by atoms with Crippen molar-refractivity contribution in [3.8, 4) is 0 Å². The Balaban J connectivity index is 4.25. The van der Waals surface area contributed by atoms with Crippen molar-refractivity contribution in [3.05, 3.63) is 12.2 Å². The Morgan fingerprint density at radius 2 is 1.43 bits per heavy atom. The number of hydrogen-bond donors (Lipinski definition) is 1. The summed E-state index contributed by atoms with van der Waals surface area (Å²) in [6.07, 6.45) is -12.5. The number of rotatable bonds is 8. The molecular weight excluding hydrogens is 313 g/mol. The first-order valence-electron chi connectivity index (χ1n) is 5.70. The summed E-state index contributed by atoms with van der Waals surface area (Å²) < 4.78 is 88.8. The van der Waals surface area contributed by atoms with E-state index in [-0.39, 0.29) is 31.3 Å². The van der Waals surface area contributed by atoms with Crippen LogP contribution in [0.15, 0.2) is 12.2 Å². The standard InChI is InChI=1S/C11H13F7O3/c1-7(8(19)20)5-3-2-4-6-21-9(12,10(13,14)15)11(16,17)18/h1-6H2,(H,19,20). The molecular formula is C11H13F7O3. The van der Waals surface area contributed by atoms with Gasteiger partial charge in [-0.05, 0) is 19.3 Å². The Hall–Kier alpha value is -1.32. The highest BCUT2D eigenvalue weighted by atomic mass is 19.4. The molecule has 0 fully saturated rings. The average molecular weight is 326 g/mol. The van der Waals surface area contributed by atoms with E-state index in [4.69, 9.17) is 5.11 Å². The summed E-state index contributed by atoms with van der Waals surface area (Å²) in [5.41, 5.74) is -0.138. The van der Waals surface area contributed by atoms with Crippen LogP contribution in [-0.2, 0) is 9.53 Å². The Morgan fingerprint density at radius 3 is 1.81 bits per heavy atom. The van der Waals surface area contributed by atoms with Gasteiger partial charge in [-0.25, -0.2) is 4.79 Å². The maximum Gasteiger partial charge on any atom is 0.458 e. The molecule has 0 aromatic rings. The minimum absolute atomic E-state index is 0.0225. The van der Waals surface area contributed by atoms with Crippen molar-refractivity contribution in [3.63, 3.8) is 0 Å². The van der Waals surface area contributed by atoms with E-state index in [1.54, 1.807) is 0 Å². The van der Waals surface area contributed by atoms with E-state index in [0.717, 1.165) is 0 Å². The molecule has 124 valence electrons. The summed E-state index contributed by atoms with van der Waals surface area (Å²) in [7, 11) is 0. The van der Waals surface area contributed by atoms with E-state index in [1.807, 2.05) is 0 Å². The predicted molar refractivity (Wildman–Crippen MR) is 57.1 cm³/mol. The zero-order valence-corrected chi connectivity index (χ0v) is 10.7. The van der Waals surface area contributed by atoms with Gasteiger partial charge in [0.1, 0.15) is 0 Å². The minimum Gasteiger partial charge on any atom is -0.478 e. The lowest BCUT2D eigenvalue weighted by molar-refractivity contribution is -0.430. The minimum atomic E-state index is -6.23. The van der Waals surface area contributed by atoms with Gasteiger partial charge >= 0.3 is 24.2 Å². The second-order valence-corrected chi connectivity index (χ2v) is 4.16. The van der Waals surface area contributed by atoms with Crippen LogP contribution in [0.1, 0.15) is 25.7 Å².